The number of anilines is 6. The number of nitrogens with zero attached hydrogens (tertiary/aromatic N) is 3. The van der Waals surface area contributed by atoms with E-state index in [9.17, 15) is 0 Å². The van der Waals surface area contributed by atoms with Gasteiger partial charge in [0.25, 0.3) is 0 Å². The van der Waals surface area contributed by atoms with Crippen LogP contribution in [0.3, 0.4) is 0 Å². The molecule has 14 aromatic rings. The topological polar surface area (TPSA) is 11.4 Å². The molecule has 0 fully saturated rings. The molecule has 15 rings (SSSR count). The second-order valence-corrected chi connectivity index (χ2v) is 20.9. The van der Waals surface area contributed by atoms with Crippen molar-refractivity contribution in [3.05, 3.63) is 284 Å². The van der Waals surface area contributed by atoms with Gasteiger partial charge in [0.1, 0.15) is 0 Å². The molecule has 0 bridgehead atoms. The quantitative estimate of drug-likeness (QED) is 0.134. The SMILES string of the molecule is CC1(C)c2ccccc2-c2ccc(N(c3ccc(-c4ccc5c(c4)c4c6ccc7cccc8ccc(cc4n5-c4ccc(-c5ccccc5)cc4)c6c87)cc3)c3ccc(N(c4ccccc4)c4ccccc4)cc3)cc21. The van der Waals surface area contributed by atoms with Crippen LogP contribution in [-0.4, -0.2) is 4.57 Å². The Morgan fingerprint density at radius 3 is 1.47 bits per heavy atom. The Morgan fingerprint density at radius 1 is 0.289 bits per heavy atom. The van der Waals surface area contributed by atoms with Crippen LogP contribution in [0.4, 0.5) is 34.1 Å². The van der Waals surface area contributed by atoms with Crippen LogP contribution in [0.5, 0.6) is 0 Å². The summed E-state index contributed by atoms with van der Waals surface area (Å²) in [6, 6.07) is 101. The number of benzene rings is 13. The van der Waals surface area contributed by atoms with Crippen molar-refractivity contribution in [1.82, 2.24) is 4.57 Å². The predicted molar refractivity (Wildman–Crippen MR) is 322 cm³/mol. The molecule has 0 radical (unpaired) electrons. The van der Waals surface area contributed by atoms with Gasteiger partial charge in [-0.05, 0) is 180 Å². The van der Waals surface area contributed by atoms with Gasteiger partial charge in [-0.3, -0.25) is 0 Å². The molecule has 76 heavy (non-hydrogen) atoms. The highest BCUT2D eigenvalue weighted by atomic mass is 15.2. The first kappa shape index (κ1) is 43.8. The van der Waals surface area contributed by atoms with Gasteiger partial charge < -0.3 is 14.4 Å². The molecule has 3 heteroatoms. The zero-order valence-corrected chi connectivity index (χ0v) is 42.3. The zero-order chi connectivity index (χ0) is 50.5. The number of hydrogen-bond donors (Lipinski definition) is 0. The van der Waals surface area contributed by atoms with Crippen LogP contribution in [0.25, 0.3) is 93.2 Å². The molecule has 0 spiro atoms. The highest BCUT2D eigenvalue weighted by Crippen LogP contribution is 2.51. The summed E-state index contributed by atoms with van der Waals surface area (Å²) in [7, 11) is 0. The second-order valence-electron chi connectivity index (χ2n) is 20.9. The molecule has 0 saturated carbocycles. The summed E-state index contributed by atoms with van der Waals surface area (Å²) in [6.07, 6.45) is 0. The van der Waals surface area contributed by atoms with E-state index >= 15 is 0 Å². The van der Waals surface area contributed by atoms with E-state index in [2.05, 4.69) is 301 Å². The van der Waals surface area contributed by atoms with Crippen LogP contribution >= 0.6 is 0 Å². The summed E-state index contributed by atoms with van der Waals surface area (Å²) in [5, 5.41) is 10.3. The molecule has 1 heterocycles. The summed E-state index contributed by atoms with van der Waals surface area (Å²) in [5.74, 6) is 0. The Labute approximate surface area is 442 Å². The molecule has 0 N–H and O–H groups in total. The van der Waals surface area contributed by atoms with Gasteiger partial charge in [0.2, 0.25) is 0 Å². The molecule has 0 unspecified atom stereocenters. The van der Waals surface area contributed by atoms with E-state index in [0.29, 0.717) is 0 Å². The van der Waals surface area contributed by atoms with Crippen LogP contribution in [0, 0.1) is 0 Å². The minimum absolute atomic E-state index is 0.142. The summed E-state index contributed by atoms with van der Waals surface area (Å²) >= 11 is 0. The van der Waals surface area contributed by atoms with Crippen molar-refractivity contribution >= 4 is 88.2 Å². The van der Waals surface area contributed by atoms with Crippen LogP contribution < -0.4 is 9.80 Å². The molecule has 0 atom stereocenters. The Balaban J connectivity index is 0.870. The number of para-hydroxylation sites is 2. The molecule has 1 aromatic heterocycles. The third kappa shape index (κ3) is 6.90. The minimum Gasteiger partial charge on any atom is -0.311 e. The van der Waals surface area contributed by atoms with Crippen LogP contribution in [0.1, 0.15) is 25.0 Å². The summed E-state index contributed by atoms with van der Waals surface area (Å²) < 4.78 is 2.47. The van der Waals surface area contributed by atoms with E-state index in [0.717, 1.165) is 39.8 Å². The molecule has 13 aromatic carbocycles. The predicted octanol–water partition coefficient (Wildman–Crippen LogP) is 20.3. The summed E-state index contributed by atoms with van der Waals surface area (Å²) in [4.78, 5) is 4.74. The van der Waals surface area contributed by atoms with E-state index in [-0.39, 0.29) is 5.41 Å². The van der Waals surface area contributed by atoms with Gasteiger partial charge in [-0.25, -0.2) is 0 Å². The van der Waals surface area contributed by atoms with Crippen molar-refractivity contribution in [3.8, 4) is 39.1 Å². The lowest BCUT2D eigenvalue weighted by Gasteiger charge is -2.29. The van der Waals surface area contributed by atoms with Gasteiger partial charge in [0, 0.05) is 56.0 Å². The zero-order valence-electron chi connectivity index (χ0n) is 42.3. The fourth-order valence-electron chi connectivity index (χ4n) is 12.6. The normalized spacial score (nSPS) is 12.7. The number of rotatable bonds is 9. The average molecular weight is 970 g/mol. The van der Waals surface area contributed by atoms with Crippen molar-refractivity contribution < 1.29 is 0 Å². The van der Waals surface area contributed by atoms with Gasteiger partial charge in [-0.2, -0.15) is 0 Å². The van der Waals surface area contributed by atoms with Crippen molar-refractivity contribution in [2.24, 2.45) is 0 Å². The van der Waals surface area contributed by atoms with E-state index in [1.54, 1.807) is 0 Å². The number of aromatic nitrogens is 1. The highest BCUT2D eigenvalue weighted by molar-refractivity contribution is 6.33. The van der Waals surface area contributed by atoms with Gasteiger partial charge in [-0.1, -0.05) is 184 Å². The number of hydrogen-bond acceptors (Lipinski definition) is 2. The molecule has 1 aliphatic carbocycles. The second kappa shape index (κ2) is 17.2. The van der Waals surface area contributed by atoms with Crippen molar-refractivity contribution in [1.29, 1.82) is 0 Å². The highest BCUT2D eigenvalue weighted by Gasteiger charge is 2.36. The maximum Gasteiger partial charge on any atom is 0.0553 e. The maximum absolute atomic E-state index is 2.47. The van der Waals surface area contributed by atoms with Crippen molar-refractivity contribution in [2.45, 2.75) is 19.3 Å². The summed E-state index contributed by atoms with van der Waals surface area (Å²) in [6.45, 7) is 4.72. The molecule has 3 nitrogen and oxygen atoms in total. The lowest BCUT2D eigenvalue weighted by Crippen LogP contribution is -2.16. The maximum atomic E-state index is 2.47. The summed E-state index contributed by atoms with van der Waals surface area (Å²) in [5.41, 5.74) is 20.1. The van der Waals surface area contributed by atoms with Gasteiger partial charge in [0.15, 0.2) is 0 Å². The van der Waals surface area contributed by atoms with E-state index in [4.69, 9.17) is 0 Å². The van der Waals surface area contributed by atoms with Crippen LogP contribution in [-0.2, 0) is 5.41 Å². The average Bonchev–Trinajstić information content (AvgIpc) is 4.08. The molecule has 1 aliphatic rings. The van der Waals surface area contributed by atoms with E-state index < -0.39 is 0 Å². The van der Waals surface area contributed by atoms with Crippen LogP contribution in [0.15, 0.2) is 273 Å². The molecular formula is C73H51N3. The first-order valence-corrected chi connectivity index (χ1v) is 26.4. The molecular weight excluding hydrogens is 919 g/mol. The van der Waals surface area contributed by atoms with E-state index in [1.807, 2.05) is 0 Å². The van der Waals surface area contributed by atoms with Gasteiger partial charge >= 0.3 is 0 Å². The third-order valence-corrected chi connectivity index (χ3v) is 16.3. The first-order valence-electron chi connectivity index (χ1n) is 26.4. The Bertz CT molecular complexity index is 4440. The van der Waals surface area contributed by atoms with Crippen molar-refractivity contribution in [3.63, 3.8) is 0 Å². The van der Waals surface area contributed by atoms with Crippen LogP contribution in [0.2, 0.25) is 0 Å². The lowest BCUT2D eigenvalue weighted by atomic mass is 9.82. The fourth-order valence-corrected chi connectivity index (χ4v) is 12.6. The third-order valence-electron chi connectivity index (χ3n) is 16.3. The first-order chi connectivity index (χ1) is 37.4. The molecule has 358 valence electrons. The largest absolute Gasteiger partial charge is 0.311 e. The minimum atomic E-state index is -0.142. The Hall–Kier alpha value is -9.70. The van der Waals surface area contributed by atoms with E-state index in [1.165, 1.54) is 98.6 Å². The molecule has 0 saturated heterocycles. The standard InChI is InChI=1S/C73H51N3/c1-73(2)66-24-13-12-23-62(66)63-43-41-61(47-67(63)73)75(59-39-37-58(38-40-59)74(55-19-8-4-9-20-55)56-21-10-5-11-22-56)57-33-29-50(30-34-57)53-32-44-68-65(45-53)72-64-42-31-52-18-14-17-51-25-26-54(71(64)70(51)52)46-69(72)76(68)60-35-27-49(28-36-60)48-15-6-3-7-16-48/h3-47H,1-2H3. The van der Waals surface area contributed by atoms with Gasteiger partial charge in [0.05, 0.1) is 11.0 Å². The Morgan fingerprint density at radius 2 is 0.789 bits per heavy atom. The van der Waals surface area contributed by atoms with Crippen molar-refractivity contribution in [2.75, 3.05) is 9.80 Å². The molecule has 0 aliphatic heterocycles. The number of fused-ring (bicyclic) bond motifs is 7. The Kier molecular flexibility index (Phi) is 9.92. The van der Waals surface area contributed by atoms with Gasteiger partial charge in [-0.15, -0.1) is 0 Å². The fraction of sp³-hybridized carbons (Fsp3) is 0.0411. The molecule has 0 amide bonds. The monoisotopic (exact) mass is 969 g/mol. The lowest BCUT2D eigenvalue weighted by molar-refractivity contribution is 0.660. The smallest absolute Gasteiger partial charge is 0.0553 e.